The van der Waals surface area contributed by atoms with E-state index in [4.69, 9.17) is 11.6 Å². The van der Waals surface area contributed by atoms with E-state index >= 15 is 0 Å². The summed E-state index contributed by atoms with van der Waals surface area (Å²) in [4.78, 5) is 27.3. The third-order valence-corrected chi connectivity index (χ3v) is 3.86. The molecule has 0 aliphatic carbocycles. The Kier molecular flexibility index (Phi) is 3.16. The fourth-order valence-electron chi connectivity index (χ4n) is 2.60. The number of aromatic nitrogens is 2. The number of aromatic amines is 1. The first-order chi connectivity index (χ1) is 9.18. The minimum atomic E-state index is -0.390. The number of rotatable bonds is 1. The summed E-state index contributed by atoms with van der Waals surface area (Å²) in [5.74, 6) is 0. The maximum atomic E-state index is 12.5. The summed E-state index contributed by atoms with van der Waals surface area (Å²) >= 11 is 6.01. The second-order valence-electron chi connectivity index (χ2n) is 4.77. The second kappa shape index (κ2) is 4.83. The number of nitrogens with zero attached hydrogens (tertiary/aromatic N) is 1. The average Bonchev–Trinajstić information content (AvgIpc) is 2.41. The lowest BCUT2D eigenvalue weighted by Gasteiger charge is -2.24. The van der Waals surface area contributed by atoms with E-state index in [-0.39, 0.29) is 17.3 Å². The van der Waals surface area contributed by atoms with Crippen LogP contribution < -0.4 is 16.6 Å². The Morgan fingerprint density at radius 3 is 2.89 bits per heavy atom. The van der Waals surface area contributed by atoms with Crippen LogP contribution in [0.1, 0.15) is 18.9 Å². The highest BCUT2D eigenvalue weighted by atomic mass is 35.5. The number of para-hydroxylation sites is 1. The van der Waals surface area contributed by atoms with Gasteiger partial charge in [-0.15, -0.1) is 0 Å². The lowest BCUT2D eigenvalue weighted by molar-refractivity contribution is 0.355. The third-order valence-electron chi connectivity index (χ3n) is 3.55. The SMILES string of the molecule is O=c1[nH]c2c(Cl)cccc2c(=O)n1C1CCCNC1. The molecule has 1 aliphatic rings. The van der Waals surface area contributed by atoms with Crippen LogP contribution in [0.25, 0.3) is 10.9 Å². The van der Waals surface area contributed by atoms with Gasteiger partial charge in [-0.3, -0.25) is 9.36 Å². The molecule has 5 nitrogen and oxygen atoms in total. The highest BCUT2D eigenvalue weighted by Crippen LogP contribution is 2.18. The molecule has 6 heteroatoms. The molecule has 1 fully saturated rings. The molecule has 1 aromatic heterocycles. The van der Waals surface area contributed by atoms with Crippen LogP contribution in [0.15, 0.2) is 27.8 Å². The van der Waals surface area contributed by atoms with Gasteiger partial charge in [0.1, 0.15) is 0 Å². The quantitative estimate of drug-likeness (QED) is 0.826. The molecule has 1 saturated heterocycles. The van der Waals surface area contributed by atoms with Crippen LogP contribution in [0.2, 0.25) is 5.02 Å². The van der Waals surface area contributed by atoms with Gasteiger partial charge in [0, 0.05) is 6.54 Å². The summed E-state index contributed by atoms with van der Waals surface area (Å²) in [6.45, 7) is 1.58. The lowest BCUT2D eigenvalue weighted by Crippen LogP contribution is -2.43. The smallest absolute Gasteiger partial charge is 0.315 e. The van der Waals surface area contributed by atoms with Crippen LogP contribution in [0.5, 0.6) is 0 Å². The number of nitrogens with one attached hydrogen (secondary N) is 2. The van der Waals surface area contributed by atoms with E-state index in [1.807, 2.05) is 0 Å². The van der Waals surface area contributed by atoms with Crippen molar-refractivity contribution in [2.24, 2.45) is 0 Å². The molecule has 1 atom stereocenters. The summed E-state index contributed by atoms with van der Waals surface area (Å²) in [5.41, 5.74) is -0.242. The summed E-state index contributed by atoms with van der Waals surface area (Å²) in [6.07, 6.45) is 1.80. The largest absolute Gasteiger partial charge is 0.329 e. The molecular formula is C13H14ClN3O2. The molecule has 2 heterocycles. The Hall–Kier alpha value is -1.59. The number of hydrogen-bond acceptors (Lipinski definition) is 3. The van der Waals surface area contributed by atoms with Crippen LogP contribution in [-0.2, 0) is 0 Å². The molecule has 19 heavy (non-hydrogen) atoms. The predicted octanol–water partition coefficient (Wildman–Crippen LogP) is 1.27. The molecule has 100 valence electrons. The van der Waals surface area contributed by atoms with Crippen molar-refractivity contribution in [3.05, 3.63) is 44.1 Å². The van der Waals surface area contributed by atoms with E-state index in [9.17, 15) is 9.59 Å². The van der Waals surface area contributed by atoms with Crippen molar-refractivity contribution in [1.29, 1.82) is 0 Å². The minimum Gasteiger partial charge on any atom is -0.315 e. The highest BCUT2D eigenvalue weighted by Gasteiger charge is 2.20. The lowest BCUT2D eigenvalue weighted by atomic mass is 10.1. The Morgan fingerprint density at radius 2 is 2.16 bits per heavy atom. The zero-order valence-corrected chi connectivity index (χ0v) is 11.0. The number of halogens is 1. The van der Waals surface area contributed by atoms with Gasteiger partial charge in [-0.2, -0.15) is 0 Å². The number of H-pyrrole nitrogens is 1. The molecule has 1 unspecified atom stereocenters. The molecular weight excluding hydrogens is 266 g/mol. The molecule has 0 radical (unpaired) electrons. The van der Waals surface area contributed by atoms with Crippen molar-refractivity contribution in [2.75, 3.05) is 13.1 Å². The zero-order chi connectivity index (χ0) is 13.4. The zero-order valence-electron chi connectivity index (χ0n) is 10.3. The summed E-state index contributed by atoms with van der Waals surface area (Å²) in [6, 6.07) is 4.97. The molecule has 0 bridgehead atoms. The van der Waals surface area contributed by atoms with Crippen LogP contribution in [0.4, 0.5) is 0 Å². The van der Waals surface area contributed by atoms with Gasteiger partial charge in [-0.25, -0.2) is 4.79 Å². The van der Waals surface area contributed by atoms with Crippen LogP contribution in [-0.4, -0.2) is 22.6 Å². The van der Waals surface area contributed by atoms with E-state index in [0.29, 0.717) is 22.5 Å². The maximum absolute atomic E-state index is 12.5. The first kappa shape index (κ1) is 12.4. The summed E-state index contributed by atoms with van der Waals surface area (Å²) in [5, 5.41) is 4.05. The van der Waals surface area contributed by atoms with Gasteiger partial charge in [-0.1, -0.05) is 17.7 Å². The average molecular weight is 280 g/mol. The fourth-order valence-corrected chi connectivity index (χ4v) is 2.83. The van der Waals surface area contributed by atoms with Crippen molar-refractivity contribution in [3.63, 3.8) is 0 Å². The normalized spacial score (nSPS) is 19.7. The van der Waals surface area contributed by atoms with Crippen LogP contribution in [0.3, 0.4) is 0 Å². The first-order valence-electron chi connectivity index (χ1n) is 6.32. The van der Waals surface area contributed by atoms with Crippen LogP contribution in [0, 0.1) is 0 Å². The second-order valence-corrected chi connectivity index (χ2v) is 5.18. The van der Waals surface area contributed by atoms with Crippen molar-refractivity contribution in [2.45, 2.75) is 18.9 Å². The summed E-state index contributed by atoms with van der Waals surface area (Å²) < 4.78 is 1.31. The van der Waals surface area contributed by atoms with E-state index in [0.717, 1.165) is 19.4 Å². The van der Waals surface area contributed by atoms with Crippen molar-refractivity contribution in [3.8, 4) is 0 Å². The van der Waals surface area contributed by atoms with Crippen LogP contribution >= 0.6 is 11.6 Å². The standard InChI is InChI=1S/C13H14ClN3O2/c14-10-5-1-4-9-11(10)16-13(19)17(12(9)18)8-3-2-6-15-7-8/h1,4-5,8,15H,2-3,6-7H2,(H,16,19). The number of fused-ring (bicyclic) bond motifs is 1. The van der Waals surface area contributed by atoms with E-state index in [1.165, 1.54) is 4.57 Å². The molecule has 0 amide bonds. The van der Waals surface area contributed by atoms with Crippen molar-refractivity contribution < 1.29 is 0 Å². The summed E-state index contributed by atoms with van der Waals surface area (Å²) in [7, 11) is 0. The van der Waals surface area contributed by atoms with Gasteiger partial charge in [0.25, 0.3) is 5.56 Å². The van der Waals surface area contributed by atoms with E-state index in [2.05, 4.69) is 10.3 Å². The van der Waals surface area contributed by atoms with Crippen molar-refractivity contribution >= 4 is 22.5 Å². The number of piperidine rings is 1. The molecule has 2 aromatic rings. The Bertz CT molecular complexity index is 729. The van der Waals surface area contributed by atoms with Gasteiger partial charge in [-0.05, 0) is 31.5 Å². The third kappa shape index (κ3) is 2.09. The molecule has 0 saturated carbocycles. The first-order valence-corrected chi connectivity index (χ1v) is 6.70. The Labute approximate surface area is 114 Å². The van der Waals surface area contributed by atoms with E-state index in [1.54, 1.807) is 18.2 Å². The molecule has 1 aromatic carbocycles. The van der Waals surface area contributed by atoms with Crippen molar-refractivity contribution in [1.82, 2.24) is 14.9 Å². The number of hydrogen-bond donors (Lipinski definition) is 2. The topological polar surface area (TPSA) is 66.9 Å². The molecule has 2 N–H and O–H groups in total. The maximum Gasteiger partial charge on any atom is 0.329 e. The Morgan fingerprint density at radius 1 is 1.32 bits per heavy atom. The molecule has 0 spiro atoms. The predicted molar refractivity (Wildman–Crippen MR) is 75.0 cm³/mol. The van der Waals surface area contributed by atoms with Gasteiger partial charge in [0.2, 0.25) is 0 Å². The van der Waals surface area contributed by atoms with E-state index < -0.39 is 0 Å². The number of benzene rings is 1. The molecule has 1 aliphatic heterocycles. The van der Waals surface area contributed by atoms with Gasteiger partial charge in [0.15, 0.2) is 0 Å². The fraction of sp³-hybridized carbons (Fsp3) is 0.385. The molecule has 3 rings (SSSR count). The minimum absolute atomic E-state index is 0.0895. The van der Waals surface area contributed by atoms with Gasteiger partial charge < -0.3 is 10.3 Å². The van der Waals surface area contributed by atoms with Gasteiger partial charge >= 0.3 is 5.69 Å². The Balaban J connectivity index is 2.26. The highest BCUT2D eigenvalue weighted by molar-refractivity contribution is 6.34. The van der Waals surface area contributed by atoms with Gasteiger partial charge in [0.05, 0.1) is 22.0 Å². The monoisotopic (exact) mass is 279 g/mol.